The first-order valence-corrected chi connectivity index (χ1v) is 11.2. The van der Waals surface area contributed by atoms with Gasteiger partial charge in [-0.25, -0.2) is 4.98 Å². The van der Waals surface area contributed by atoms with Crippen molar-refractivity contribution in [1.29, 1.82) is 0 Å². The summed E-state index contributed by atoms with van der Waals surface area (Å²) < 4.78 is 7.68. The Kier molecular flexibility index (Phi) is 6.01. The van der Waals surface area contributed by atoms with Gasteiger partial charge in [-0.15, -0.1) is 11.3 Å². The maximum atomic E-state index is 13.4. The van der Waals surface area contributed by atoms with Gasteiger partial charge in [0.05, 0.1) is 29.3 Å². The minimum atomic E-state index is -0.476. The van der Waals surface area contributed by atoms with Crippen molar-refractivity contribution in [2.75, 3.05) is 12.4 Å². The van der Waals surface area contributed by atoms with Crippen LogP contribution in [0.1, 0.15) is 12.5 Å². The molecule has 0 radical (unpaired) electrons. The van der Waals surface area contributed by atoms with E-state index in [9.17, 15) is 19.7 Å². The molecule has 0 aliphatic carbocycles. The Morgan fingerprint density at radius 3 is 2.74 bits per heavy atom. The van der Waals surface area contributed by atoms with Crippen molar-refractivity contribution in [3.8, 4) is 0 Å². The molecule has 0 atom stereocenters. The summed E-state index contributed by atoms with van der Waals surface area (Å²) >= 11 is 2.37. The topological polar surface area (TPSA) is 104 Å². The first-order valence-electron chi connectivity index (χ1n) is 9.41. The van der Waals surface area contributed by atoms with E-state index in [1.165, 1.54) is 28.0 Å². The van der Waals surface area contributed by atoms with Crippen molar-refractivity contribution in [3.63, 3.8) is 0 Å². The van der Waals surface area contributed by atoms with Gasteiger partial charge in [-0.1, -0.05) is 42.1 Å². The number of ether oxygens (including phenoxy) is 1. The normalized spacial score (nSPS) is 11.1. The Morgan fingerprint density at radius 1 is 1.26 bits per heavy atom. The van der Waals surface area contributed by atoms with Gasteiger partial charge >= 0.3 is 5.97 Å². The van der Waals surface area contributed by atoms with Gasteiger partial charge in [0.15, 0.2) is 5.16 Å². The lowest BCUT2D eigenvalue weighted by Crippen LogP contribution is -2.23. The molecule has 158 valence electrons. The van der Waals surface area contributed by atoms with Crippen LogP contribution < -0.4 is 5.56 Å². The van der Waals surface area contributed by atoms with Gasteiger partial charge < -0.3 is 4.74 Å². The van der Waals surface area contributed by atoms with E-state index in [2.05, 4.69) is 4.98 Å². The third-order valence-electron chi connectivity index (χ3n) is 4.54. The number of benzene rings is 2. The first kappa shape index (κ1) is 21.0. The molecule has 31 heavy (non-hydrogen) atoms. The molecule has 10 heteroatoms. The number of non-ortho nitro benzene ring substituents is 1. The SMILES string of the molecule is CCOC(=O)CSc1nc2c(sc3ccc([N+](=O)[O-])cc32)c(=O)n1Cc1ccccc1. The Hall–Kier alpha value is -3.24. The zero-order valence-corrected chi connectivity index (χ0v) is 18.1. The van der Waals surface area contributed by atoms with Crippen molar-refractivity contribution in [2.45, 2.75) is 18.6 Å². The molecule has 0 N–H and O–H groups in total. The Bertz CT molecular complexity index is 1350. The number of esters is 1. The van der Waals surface area contributed by atoms with Crippen LogP contribution in [0.15, 0.2) is 58.5 Å². The van der Waals surface area contributed by atoms with Crippen molar-refractivity contribution in [1.82, 2.24) is 9.55 Å². The number of fused-ring (bicyclic) bond motifs is 3. The van der Waals surface area contributed by atoms with Crippen molar-refractivity contribution in [3.05, 3.63) is 74.6 Å². The minimum Gasteiger partial charge on any atom is -0.465 e. The zero-order valence-electron chi connectivity index (χ0n) is 16.4. The van der Waals surface area contributed by atoms with E-state index in [4.69, 9.17) is 4.74 Å². The summed E-state index contributed by atoms with van der Waals surface area (Å²) in [5.41, 5.74) is 1.01. The summed E-state index contributed by atoms with van der Waals surface area (Å²) in [4.78, 5) is 40.7. The summed E-state index contributed by atoms with van der Waals surface area (Å²) in [5, 5.41) is 12.1. The molecule has 4 rings (SSSR count). The molecular weight excluding hydrogens is 438 g/mol. The number of carbonyl (C=O) groups excluding carboxylic acids is 1. The number of nitrogens with zero attached hydrogens (tertiary/aromatic N) is 3. The van der Waals surface area contributed by atoms with Gasteiger partial charge in [0.1, 0.15) is 4.70 Å². The highest BCUT2D eigenvalue weighted by atomic mass is 32.2. The molecular formula is C21H17N3O5S2. The zero-order chi connectivity index (χ0) is 22.0. The molecule has 0 aliphatic heterocycles. The van der Waals surface area contributed by atoms with Gasteiger partial charge in [0.25, 0.3) is 11.2 Å². The smallest absolute Gasteiger partial charge is 0.316 e. The summed E-state index contributed by atoms with van der Waals surface area (Å²) in [5.74, 6) is -0.401. The van der Waals surface area contributed by atoms with Gasteiger partial charge in [0, 0.05) is 22.2 Å². The van der Waals surface area contributed by atoms with Crippen LogP contribution in [0.25, 0.3) is 20.3 Å². The second kappa shape index (κ2) is 8.86. The lowest BCUT2D eigenvalue weighted by molar-refractivity contribution is -0.384. The first-order chi connectivity index (χ1) is 15.0. The fourth-order valence-electron chi connectivity index (χ4n) is 3.15. The average Bonchev–Trinajstić information content (AvgIpc) is 3.13. The maximum Gasteiger partial charge on any atom is 0.316 e. The summed E-state index contributed by atoms with van der Waals surface area (Å²) in [6, 6.07) is 14.0. The van der Waals surface area contributed by atoms with Crippen LogP contribution in [-0.4, -0.2) is 32.8 Å². The Morgan fingerprint density at radius 2 is 2.03 bits per heavy atom. The Balaban J connectivity index is 1.88. The maximum absolute atomic E-state index is 13.4. The standard InChI is InChI=1S/C21H17N3O5S2/c1-2-29-17(25)12-30-21-22-18-15-10-14(24(27)28)8-9-16(15)31-19(18)20(26)23(21)11-13-6-4-3-5-7-13/h3-10H,2,11-12H2,1H3. The molecule has 0 fully saturated rings. The molecule has 8 nitrogen and oxygen atoms in total. The van der Waals surface area contributed by atoms with Crippen molar-refractivity contribution in [2.24, 2.45) is 0 Å². The van der Waals surface area contributed by atoms with E-state index in [1.807, 2.05) is 30.3 Å². The molecule has 0 aliphatic rings. The fourth-order valence-corrected chi connectivity index (χ4v) is 5.01. The molecule has 0 bridgehead atoms. The van der Waals surface area contributed by atoms with Crippen molar-refractivity contribution >= 4 is 55.1 Å². The molecule has 2 aromatic carbocycles. The van der Waals surface area contributed by atoms with E-state index in [0.717, 1.165) is 22.0 Å². The van der Waals surface area contributed by atoms with Crippen molar-refractivity contribution < 1.29 is 14.5 Å². The lowest BCUT2D eigenvalue weighted by Gasteiger charge is -2.12. The monoisotopic (exact) mass is 455 g/mol. The molecule has 2 aromatic heterocycles. The van der Waals surface area contributed by atoms with Gasteiger partial charge in [-0.3, -0.25) is 24.3 Å². The van der Waals surface area contributed by atoms with E-state index in [-0.39, 0.29) is 23.6 Å². The van der Waals surface area contributed by atoms with E-state index in [1.54, 1.807) is 13.0 Å². The predicted molar refractivity (Wildman–Crippen MR) is 121 cm³/mol. The second-order valence-electron chi connectivity index (χ2n) is 6.58. The number of hydrogen-bond acceptors (Lipinski definition) is 8. The molecule has 4 aromatic rings. The number of carbonyl (C=O) groups is 1. The second-order valence-corrected chi connectivity index (χ2v) is 8.58. The van der Waals surface area contributed by atoms with E-state index in [0.29, 0.717) is 27.3 Å². The highest BCUT2D eigenvalue weighted by Crippen LogP contribution is 2.34. The highest BCUT2D eigenvalue weighted by Gasteiger charge is 2.19. The number of nitro benzene ring substituents is 1. The van der Waals surface area contributed by atoms with Crippen LogP contribution in [0.2, 0.25) is 0 Å². The summed E-state index contributed by atoms with van der Waals surface area (Å²) in [6.07, 6.45) is 0. The molecule has 0 amide bonds. The van der Waals surface area contributed by atoms with E-state index < -0.39 is 10.9 Å². The minimum absolute atomic E-state index is 0.00277. The predicted octanol–water partition coefficient (Wildman–Crippen LogP) is 4.22. The van der Waals surface area contributed by atoms with E-state index >= 15 is 0 Å². The molecule has 0 saturated heterocycles. The summed E-state index contributed by atoms with van der Waals surface area (Å²) in [7, 11) is 0. The lowest BCUT2D eigenvalue weighted by atomic mass is 10.2. The third kappa shape index (κ3) is 4.30. The van der Waals surface area contributed by atoms with Crippen LogP contribution in [0.3, 0.4) is 0 Å². The van der Waals surface area contributed by atoms with Crippen LogP contribution in [0.5, 0.6) is 0 Å². The summed E-state index contributed by atoms with van der Waals surface area (Å²) in [6.45, 7) is 2.28. The number of hydrogen-bond donors (Lipinski definition) is 0. The Labute approximate surface area is 184 Å². The van der Waals surface area contributed by atoms with Gasteiger partial charge in [-0.05, 0) is 18.6 Å². The average molecular weight is 456 g/mol. The number of rotatable bonds is 7. The largest absolute Gasteiger partial charge is 0.465 e. The van der Waals surface area contributed by atoms with Crippen LogP contribution in [0.4, 0.5) is 5.69 Å². The number of thioether (sulfide) groups is 1. The van der Waals surface area contributed by atoms with Crippen LogP contribution >= 0.6 is 23.1 Å². The molecule has 2 heterocycles. The van der Waals surface area contributed by atoms with Crippen LogP contribution in [-0.2, 0) is 16.1 Å². The fraction of sp³-hybridized carbons (Fsp3) is 0.190. The number of aromatic nitrogens is 2. The highest BCUT2D eigenvalue weighted by molar-refractivity contribution is 7.99. The molecule has 0 saturated carbocycles. The van der Waals surface area contributed by atoms with Crippen LogP contribution in [0, 0.1) is 10.1 Å². The third-order valence-corrected chi connectivity index (χ3v) is 6.64. The molecule has 0 unspecified atom stereocenters. The quantitative estimate of drug-likeness (QED) is 0.135. The van der Waals surface area contributed by atoms with Gasteiger partial charge in [0.2, 0.25) is 0 Å². The number of nitro groups is 1. The number of thiophene rings is 1. The van der Waals surface area contributed by atoms with Gasteiger partial charge in [-0.2, -0.15) is 0 Å². The molecule has 0 spiro atoms.